The molecule has 7 nitrogen and oxygen atoms in total. The highest BCUT2D eigenvalue weighted by Crippen LogP contribution is 2.34. The third kappa shape index (κ3) is 4.53. The predicted molar refractivity (Wildman–Crippen MR) is 133 cm³/mol. The van der Waals surface area contributed by atoms with Crippen molar-refractivity contribution in [2.45, 2.75) is 6.92 Å². The molecule has 2 aromatic heterocycles. The lowest BCUT2D eigenvalue weighted by Crippen LogP contribution is -2.38. The molecule has 1 saturated heterocycles. The molecule has 0 atom stereocenters. The largest absolute Gasteiger partial charge is 0.492 e. The second-order valence-electron chi connectivity index (χ2n) is 8.48. The van der Waals surface area contributed by atoms with E-state index in [0.29, 0.717) is 12.2 Å². The van der Waals surface area contributed by atoms with Crippen LogP contribution in [0.25, 0.3) is 33.4 Å². The van der Waals surface area contributed by atoms with E-state index in [9.17, 15) is 4.79 Å². The fourth-order valence-corrected chi connectivity index (χ4v) is 4.41. The van der Waals surface area contributed by atoms with Crippen molar-refractivity contribution in [3.63, 3.8) is 0 Å². The minimum absolute atomic E-state index is 0.433. The maximum atomic E-state index is 11.4. The number of carbonyl (C=O) groups is 1. The summed E-state index contributed by atoms with van der Waals surface area (Å²) in [6.45, 7) is 7.11. The van der Waals surface area contributed by atoms with Gasteiger partial charge in [-0.25, -0.2) is 4.98 Å². The van der Waals surface area contributed by atoms with Crippen molar-refractivity contribution in [2.24, 2.45) is 5.73 Å². The number of H-pyrrole nitrogens is 1. The summed E-state index contributed by atoms with van der Waals surface area (Å²) in [5, 5.41) is 1.02. The Kier molecular flexibility index (Phi) is 6.29. The first kappa shape index (κ1) is 22.1. The first-order chi connectivity index (χ1) is 16.6. The Bertz CT molecular complexity index is 1310. The normalized spacial score (nSPS) is 14.4. The van der Waals surface area contributed by atoms with E-state index < -0.39 is 5.91 Å². The molecule has 1 amide bonds. The number of aromatic nitrogens is 2. The summed E-state index contributed by atoms with van der Waals surface area (Å²) >= 11 is 0. The second kappa shape index (κ2) is 9.67. The minimum atomic E-state index is -0.433. The number of nitrogens with one attached hydrogen (secondary N) is 1. The number of rotatable bonds is 7. The molecule has 1 fully saturated rings. The van der Waals surface area contributed by atoms with E-state index in [-0.39, 0.29) is 0 Å². The number of hydrogen-bond acceptors (Lipinski definition) is 5. The molecule has 0 unspecified atom stereocenters. The number of nitrogens with zero attached hydrogens (tertiary/aromatic N) is 2. The van der Waals surface area contributed by atoms with Gasteiger partial charge in [0.15, 0.2) is 0 Å². The number of fused-ring (bicyclic) bond motifs is 1. The molecule has 2 aromatic carbocycles. The zero-order chi connectivity index (χ0) is 23.5. The van der Waals surface area contributed by atoms with Crippen LogP contribution in [0, 0.1) is 6.92 Å². The fourth-order valence-electron chi connectivity index (χ4n) is 4.41. The Balaban J connectivity index is 1.40. The van der Waals surface area contributed by atoms with Crippen LogP contribution < -0.4 is 10.5 Å². The molecule has 0 radical (unpaired) electrons. The quantitative estimate of drug-likeness (QED) is 0.438. The van der Waals surface area contributed by atoms with Crippen LogP contribution in [0.4, 0.5) is 0 Å². The van der Waals surface area contributed by atoms with Crippen LogP contribution in [0.2, 0.25) is 0 Å². The molecule has 34 heavy (non-hydrogen) atoms. The van der Waals surface area contributed by atoms with Crippen LogP contribution in [-0.2, 0) is 4.74 Å². The summed E-state index contributed by atoms with van der Waals surface area (Å²) in [5.41, 5.74) is 11.9. The van der Waals surface area contributed by atoms with Gasteiger partial charge in [-0.1, -0.05) is 24.3 Å². The maximum Gasteiger partial charge on any atom is 0.248 e. The van der Waals surface area contributed by atoms with Gasteiger partial charge in [0.05, 0.1) is 13.2 Å². The number of pyridine rings is 1. The number of benzene rings is 2. The van der Waals surface area contributed by atoms with E-state index >= 15 is 0 Å². The smallest absolute Gasteiger partial charge is 0.248 e. The number of primary amides is 1. The molecule has 0 bridgehead atoms. The van der Waals surface area contributed by atoms with Crippen molar-refractivity contribution in [3.05, 3.63) is 71.9 Å². The molecule has 174 valence electrons. The first-order valence-corrected chi connectivity index (χ1v) is 11.5. The third-order valence-corrected chi connectivity index (χ3v) is 6.36. The molecule has 3 heterocycles. The summed E-state index contributed by atoms with van der Waals surface area (Å²) in [7, 11) is 0. The number of ether oxygens (including phenoxy) is 2. The van der Waals surface area contributed by atoms with Gasteiger partial charge in [0.2, 0.25) is 5.91 Å². The molecule has 0 spiro atoms. The Morgan fingerprint density at radius 3 is 2.68 bits per heavy atom. The lowest BCUT2D eigenvalue weighted by atomic mass is 10.0. The van der Waals surface area contributed by atoms with Gasteiger partial charge < -0.3 is 20.2 Å². The SMILES string of the molecule is Cc1c(OCCN2CCOCC2)cccc1-c1cc2c(-c3ccc(C(N)=O)cc3)ccnc2[nH]1. The Hall–Kier alpha value is -3.68. The Morgan fingerprint density at radius 2 is 1.91 bits per heavy atom. The summed E-state index contributed by atoms with van der Waals surface area (Å²) in [6.07, 6.45) is 1.79. The molecule has 1 aliphatic rings. The van der Waals surface area contributed by atoms with Crippen molar-refractivity contribution >= 4 is 16.9 Å². The molecule has 1 aliphatic heterocycles. The Labute approximate surface area is 198 Å². The van der Waals surface area contributed by atoms with Crippen LogP contribution in [0.15, 0.2) is 60.8 Å². The molecule has 0 saturated carbocycles. The van der Waals surface area contributed by atoms with E-state index in [1.165, 1.54) is 0 Å². The Morgan fingerprint density at radius 1 is 1.12 bits per heavy atom. The van der Waals surface area contributed by atoms with Crippen molar-refractivity contribution in [1.29, 1.82) is 0 Å². The van der Waals surface area contributed by atoms with Crippen LogP contribution in [0.5, 0.6) is 5.75 Å². The number of nitrogens with two attached hydrogens (primary N) is 1. The van der Waals surface area contributed by atoms with Gasteiger partial charge in [0.1, 0.15) is 18.0 Å². The lowest BCUT2D eigenvalue weighted by Gasteiger charge is -2.26. The van der Waals surface area contributed by atoms with E-state index in [1.54, 1.807) is 18.3 Å². The van der Waals surface area contributed by atoms with E-state index in [0.717, 1.165) is 77.6 Å². The van der Waals surface area contributed by atoms with Crippen molar-refractivity contribution < 1.29 is 14.3 Å². The van der Waals surface area contributed by atoms with Gasteiger partial charge in [-0.3, -0.25) is 9.69 Å². The monoisotopic (exact) mass is 456 g/mol. The third-order valence-electron chi connectivity index (χ3n) is 6.36. The van der Waals surface area contributed by atoms with Crippen molar-refractivity contribution in [3.8, 4) is 28.1 Å². The van der Waals surface area contributed by atoms with Crippen molar-refractivity contribution in [1.82, 2.24) is 14.9 Å². The molecule has 5 rings (SSSR count). The highest BCUT2D eigenvalue weighted by Gasteiger charge is 2.14. The van der Waals surface area contributed by atoms with Gasteiger partial charge >= 0.3 is 0 Å². The van der Waals surface area contributed by atoms with Gasteiger partial charge in [-0.2, -0.15) is 0 Å². The van der Waals surface area contributed by atoms with Gasteiger partial charge in [0.25, 0.3) is 0 Å². The standard InChI is InChI=1S/C27H28N4O3/c1-18-21(3-2-4-25(18)34-16-13-31-11-14-33-15-12-31)24-17-23-22(9-10-29-27(23)30-24)19-5-7-20(8-6-19)26(28)32/h2-10,17H,11-16H2,1H3,(H2,28,32)(H,29,30). The summed E-state index contributed by atoms with van der Waals surface area (Å²) < 4.78 is 11.6. The molecule has 0 aliphatic carbocycles. The zero-order valence-corrected chi connectivity index (χ0v) is 19.2. The van der Waals surface area contributed by atoms with E-state index in [1.807, 2.05) is 30.3 Å². The predicted octanol–water partition coefficient (Wildman–Crippen LogP) is 4.02. The van der Waals surface area contributed by atoms with Gasteiger partial charge in [-0.05, 0) is 48.4 Å². The van der Waals surface area contributed by atoms with Crippen LogP contribution in [0.1, 0.15) is 15.9 Å². The highest BCUT2D eigenvalue weighted by atomic mass is 16.5. The highest BCUT2D eigenvalue weighted by molar-refractivity contribution is 5.98. The van der Waals surface area contributed by atoms with E-state index in [2.05, 4.69) is 33.9 Å². The molecule has 4 aromatic rings. The van der Waals surface area contributed by atoms with Crippen LogP contribution in [0.3, 0.4) is 0 Å². The number of morpholine rings is 1. The number of amides is 1. The summed E-state index contributed by atoms with van der Waals surface area (Å²) in [4.78, 5) is 21.8. The topological polar surface area (TPSA) is 93.5 Å². The maximum absolute atomic E-state index is 11.4. The number of aromatic amines is 1. The number of carbonyl (C=O) groups excluding carboxylic acids is 1. The first-order valence-electron chi connectivity index (χ1n) is 11.5. The molecule has 7 heteroatoms. The average molecular weight is 457 g/mol. The van der Waals surface area contributed by atoms with Crippen LogP contribution >= 0.6 is 0 Å². The lowest BCUT2D eigenvalue weighted by molar-refractivity contribution is 0.0322. The summed E-state index contributed by atoms with van der Waals surface area (Å²) in [5.74, 6) is 0.456. The fraction of sp³-hybridized carbons (Fsp3) is 0.259. The minimum Gasteiger partial charge on any atom is -0.492 e. The van der Waals surface area contributed by atoms with Gasteiger partial charge in [-0.15, -0.1) is 0 Å². The number of hydrogen-bond donors (Lipinski definition) is 2. The molecule has 3 N–H and O–H groups in total. The second-order valence-corrected chi connectivity index (χ2v) is 8.48. The van der Waals surface area contributed by atoms with E-state index in [4.69, 9.17) is 15.2 Å². The molecular weight excluding hydrogens is 428 g/mol. The van der Waals surface area contributed by atoms with Gasteiger partial charge in [0, 0.05) is 53.6 Å². The van der Waals surface area contributed by atoms with Crippen LogP contribution in [-0.4, -0.2) is 60.2 Å². The average Bonchev–Trinajstić information content (AvgIpc) is 3.30. The van der Waals surface area contributed by atoms with Crippen molar-refractivity contribution in [2.75, 3.05) is 39.5 Å². The molecular formula is C27H28N4O3. The zero-order valence-electron chi connectivity index (χ0n) is 19.2. The summed E-state index contributed by atoms with van der Waals surface area (Å²) in [6, 6.07) is 17.6.